The first-order valence-corrected chi connectivity index (χ1v) is 7.86. The maximum absolute atomic E-state index is 4.65. The standard InChI is InChI=1S/C17H18N2S/c1-2-18-16(12-14-7-5-11-20-14)17-15-8-4-3-6-13(15)9-10-19-17/h3-11,16,18H,2,12H2,1H3. The van der Waals surface area contributed by atoms with Crippen LogP contribution in [-0.4, -0.2) is 11.5 Å². The van der Waals surface area contributed by atoms with Crippen molar-refractivity contribution in [3.63, 3.8) is 0 Å². The molecule has 1 atom stereocenters. The largest absolute Gasteiger partial charge is 0.309 e. The summed E-state index contributed by atoms with van der Waals surface area (Å²) in [5.41, 5.74) is 1.15. The Morgan fingerprint density at radius 3 is 2.85 bits per heavy atom. The summed E-state index contributed by atoms with van der Waals surface area (Å²) >= 11 is 1.81. The SMILES string of the molecule is CCNC(Cc1cccs1)c1nccc2ccccc12. The van der Waals surface area contributed by atoms with E-state index in [9.17, 15) is 0 Å². The van der Waals surface area contributed by atoms with Gasteiger partial charge in [0.1, 0.15) is 0 Å². The van der Waals surface area contributed by atoms with Gasteiger partial charge in [-0.1, -0.05) is 37.3 Å². The van der Waals surface area contributed by atoms with Gasteiger partial charge in [0.25, 0.3) is 0 Å². The van der Waals surface area contributed by atoms with Crippen molar-refractivity contribution in [2.45, 2.75) is 19.4 Å². The molecule has 0 saturated carbocycles. The highest BCUT2D eigenvalue weighted by Gasteiger charge is 2.15. The van der Waals surface area contributed by atoms with Crippen LogP contribution in [0.5, 0.6) is 0 Å². The highest BCUT2D eigenvalue weighted by molar-refractivity contribution is 7.09. The summed E-state index contributed by atoms with van der Waals surface area (Å²) < 4.78 is 0. The molecule has 3 aromatic rings. The first-order chi connectivity index (χ1) is 9.88. The predicted molar refractivity (Wildman–Crippen MR) is 86.2 cm³/mol. The molecule has 1 unspecified atom stereocenters. The van der Waals surface area contributed by atoms with Gasteiger partial charge in [0.05, 0.1) is 11.7 Å². The van der Waals surface area contributed by atoms with Crippen molar-refractivity contribution in [3.05, 3.63) is 64.6 Å². The third kappa shape index (κ3) is 2.74. The highest BCUT2D eigenvalue weighted by atomic mass is 32.1. The minimum atomic E-state index is 0.268. The second kappa shape index (κ2) is 6.16. The summed E-state index contributed by atoms with van der Waals surface area (Å²) in [7, 11) is 0. The van der Waals surface area contributed by atoms with E-state index < -0.39 is 0 Å². The first kappa shape index (κ1) is 13.3. The molecule has 0 fully saturated rings. The normalized spacial score (nSPS) is 12.7. The molecule has 0 bridgehead atoms. The topological polar surface area (TPSA) is 24.9 Å². The van der Waals surface area contributed by atoms with Crippen LogP contribution in [0.1, 0.15) is 23.5 Å². The summed E-state index contributed by atoms with van der Waals surface area (Å²) in [5, 5.41) is 8.21. The van der Waals surface area contributed by atoms with Gasteiger partial charge in [0, 0.05) is 22.9 Å². The Labute approximate surface area is 123 Å². The van der Waals surface area contributed by atoms with Gasteiger partial charge in [-0.15, -0.1) is 11.3 Å². The molecule has 0 aliphatic heterocycles. The van der Waals surface area contributed by atoms with Crippen LogP contribution < -0.4 is 5.32 Å². The fraction of sp³-hybridized carbons (Fsp3) is 0.235. The Hall–Kier alpha value is -1.71. The molecule has 2 aromatic heterocycles. The zero-order valence-corrected chi connectivity index (χ0v) is 12.4. The number of benzene rings is 1. The van der Waals surface area contributed by atoms with Crippen LogP contribution >= 0.6 is 11.3 Å². The number of aromatic nitrogens is 1. The van der Waals surface area contributed by atoms with Gasteiger partial charge in [-0.25, -0.2) is 0 Å². The van der Waals surface area contributed by atoms with E-state index in [1.54, 1.807) is 0 Å². The van der Waals surface area contributed by atoms with Gasteiger partial charge >= 0.3 is 0 Å². The van der Waals surface area contributed by atoms with E-state index in [2.05, 4.69) is 65.1 Å². The lowest BCUT2D eigenvalue weighted by Crippen LogP contribution is -2.23. The van der Waals surface area contributed by atoms with Gasteiger partial charge in [-0.05, 0) is 29.4 Å². The smallest absolute Gasteiger partial charge is 0.0655 e. The van der Waals surface area contributed by atoms with E-state index in [0.29, 0.717) is 0 Å². The zero-order chi connectivity index (χ0) is 13.8. The highest BCUT2D eigenvalue weighted by Crippen LogP contribution is 2.26. The summed E-state index contributed by atoms with van der Waals surface area (Å²) in [4.78, 5) is 6.04. The summed E-state index contributed by atoms with van der Waals surface area (Å²) in [6.07, 6.45) is 2.91. The molecule has 0 amide bonds. The molecule has 3 heteroatoms. The number of rotatable bonds is 5. The Morgan fingerprint density at radius 2 is 2.05 bits per heavy atom. The molecule has 0 radical (unpaired) electrons. The average Bonchev–Trinajstić information content (AvgIpc) is 2.99. The van der Waals surface area contributed by atoms with Crippen molar-refractivity contribution in [2.75, 3.05) is 6.54 Å². The lowest BCUT2D eigenvalue weighted by Gasteiger charge is -2.18. The van der Waals surface area contributed by atoms with Crippen LogP contribution in [0.15, 0.2) is 54.0 Å². The number of nitrogens with zero attached hydrogens (tertiary/aromatic N) is 1. The van der Waals surface area contributed by atoms with Crippen molar-refractivity contribution in [1.82, 2.24) is 10.3 Å². The number of fused-ring (bicyclic) bond motifs is 1. The second-order valence-corrected chi connectivity index (χ2v) is 5.84. The van der Waals surface area contributed by atoms with Gasteiger partial charge < -0.3 is 5.32 Å². The van der Waals surface area contributed by atoms with Crippen molar-refractivity contribution in [1.29, 1.82) is 0 Å². The second-order valence-electron chi connectivity index (χ2n) is 4.81. The summed E-state index contributed by atoms with van der Waals surface area (Å²) in [6.45, 7) is 3.09. The van der Waals surface area contributed by atoms with E-state index in [1.807, 2.05) is 17.5 Å². The Kier molecular flexibility index (Phi) is 4.09. The fourth-order valence-corrected chi connectivity index (χ4v) is 3.31. The number of nitrogens with one attached hydrogen (secondary N) is 1. The van der Waals surface area contributed by atoms with Gasteiger partial charge in [0.15, 0.2) is 0 Å². The van der Waals surface area contributed by atoms with Gasteiger partial charge in [-0.3, -0.25) is 4.98 Å². The average molecular weight is 282 g/mol. The van der Waals surface area contributed by atoms with E-state index in [4.69, 9.17) is 0 Å². The molecule has 20 heavy (non-hydrogen) atoms. The fourth-order valence-electron chi connectivity index (χ4n) is 2.56. The minimum absolute atomic E-state index is 0.268. The third-order valence-electron chi connectivity index (χ3n) is 3.47. The number of hydrogen-bond donors (Lipinski definition) is 1. The van der Waals surface area contributed by atoms with Crippen molar-refractivity contribution >= 4 is 22.1 Å². The Morgan fingerprint density at radius 1 is 1.15 bits per heavy atom. The lowest BCUT2D eigenvalue weighted by atomic mass is 10.0. The van der Waals surface area contributed by atoms with Crippen molar-refractivity contribution in [3.8, 4) is 0 Å². The van der Waals surface area contributed by atoms with Crippen LogP contribution in [0.4, 0.5) is 0 Å². The number of thiophene rings is 1. The Balaban J connectivity index is 2.00. The summed E-state index contributed by atoms with van der Waals surface area (Å²) in [5.74, 6) is 0. The Bertz CT molecular complexity index is 671. The minimum Gasteiger partial charge on any atom is -0.309 e. The number of likely N-dealkylation sites (N-methyl/N-ethyl adjacent to an activating group) is 1. The molecule has 1 aromatic carbocycles. The predicted octanol–water partition coefficient (Wildman–Crippen LogP) is 4.19. The molecule has 102 valence electrons. The molecule has 0 aliphatic rings. The van der Waals surface area contributed by atoms with E-state index in [-0.39, 0.29) is 6.04 Å². The molecule has 0 saturated heterocycles. The molecule has 0 aliphatic carbocycles. The molecule has 2 heterocycles. The van der Waals surface area contributed by atoms with Crippen LogP contribution in [-0.2, 0) is 6.42 Å². The zero-order valence-electron chi connectivity index (χ0n) is 11.5. The molecule has 3 rings (SSSR count). The van der Waals surface area contributed by atoms with Crippen LogP contribution in [0.25, 0.3) is 10.8 Å². The first-order valence-electron chi connectivity index (χ1n) is 6.98. The molecular formula is C17H18N2S. The van der Waals surface area contributed by atoms with E-state index >= 15 is 0 Å². The maximum atomic E-state index is 4.65. The lowest BCUT2D eigenvalue weighted by molar-refractivity contribution is 0.544. The molecule has 2 nitrogen and oxygen atoms in total. The van der Waals surface area contributed by atoms with Gasteiger partial charge in [-0.2, -0.15) is 0 Å². The van der Waals surface area contributed by atoms with Crippen molar-refractivity contribution < 1.29 is 0 Å². The summed E-state index contributed by atoms with van der Waals surface area (Å²) in [6, 6.07) is 15.1. The van der Waals surface area contributed by atoms with Crippen LogP contribution in [0.3, 0.4) is 0 Å². The molecule has 1 N–H and O–H groups in total. The number of pyridine rings is 1. The maximum Gasteiger partial charge on any atom is 0.0655 e. The monoisotopic (exact) mass is 282 g/mol. The molecular weight excluding hydrogens is 264 g/mol. The third-order valence-corrected chi connectivity index (χ3v) is 4.37. The van der Waals surface area contributed by atoms with E-state index in [1.165, 1.54) is 15.6 Å². The number of hydrogen-bond acceptors (Lipinski definition) is 3. The van der Waals surface area contributed by atoms with Crippen molar-refractivity contribution in [2.24, 2.45) is 0 Å². The quantitative estimate of drug-likeness (QED) is 0.759. The van der Waals surface area contributed by atoms with Crippen LogP contribution in [0.2, 0.25) is 0 Å². The van der Waals surface area contributed by atoms with E-state index in [0.717, 1.165) is 18.7 Å². The molecule has 0 spiro atoms. The van der Waals surface area contributed by atoms with Gasteiger partial charge in [0.2, 0.25) is 0 Å². The van der Waals surface area contributed by atoms with Crippen LogP contribution in [0, 0.1) is 0 Å².